The zero-order valence-electron chi connectivity index (χ0n) is 10.7. The predicted molar refractivity (Wildman–Crippen MR) is 78.1 cm³/mol. The molecular weight excluding hydrogens is 269 g/mol. The van der Waals surface area contributed by atoms with Crippen molar-refractivity contribution < 1.29 is 5.11 Å². The Morgan fingerprint density at radius 1 is 1.28 bits per heavy atom. The first-order chi connectivity index (χ1) is 8.40. The highest BCUT2D eigenvalue weighted by Crippen LogP contribution is 2.29. The number of benzene rings is 1. The Morgan fingerprint density at radius 3 is 2.17 bits per heavy atom. The summed E-state index contributed by atoms with van der Waals surface area (Å²) >= 11 is 12.2. The van der Waals surface area contributed by atoms with Gasteiger partial charge in [0.1, 0.15) is 5.76 Å². The molecule has 0 saturated carbocycles. The van der Waals surface area contributed by atoms with E-state index in [1.165, 1.54) is 0 Å². The molecule has 0 heterocycles. The quantitative estimate of drug-likeness (QED) is 0.577. The highest BCUT2D eigenvalue weighted by molar-refractivity contribution is 6.41. The predicted octanol–water partition coefficient (Wildman–Crippen LogP) is 5.24. The Labute approximate surface area is 118 Å². The third-order valence-corrected chi connectivity index (χ3v) is 3.35. The maximum absolute atomic E-state index is 10.1. The lowest BCUT2D eigenvalue weighted by Crippen LogP contribution is -2.10. The number of nitrogens with one attached hydrogen (secondary N) is 1. The van der Waals surface area contributed by atoms with Crippen LogP contribution in [0.25, 0.3) is 0 Å². The fourth-order valence-corrected chi connectivity index (χ4v) is 2.31. The van der Waals surface area contributed by atoms with Gasteiger partial charge in [-0.05, 0) is 18.6 Å². The van der Waals surface area contributed by atoms with Gasteiger partial charge in [-0.2, -0.15) is 0 Å². The second kappa shape index (κ2) is 6.26. The molecule has 0 saturated heterocycles. The van der Waals surface area contributed by atoms with E-state index in [-0.39, 0.29) is 17.4 Å². The van der Waals surface area contributed by atoms with Crippen molar-refractivity contribution in [1.29, 1.82) is 5.41 Å². The van der Waals surface area contributed by atoms with E-state index in [9.17, 15) is 5.11 Å². The van der Waals surface area contributed by atoms with Gasteiger partial charge in [-0.1, -0.05) is 50.0 Å². The molecule has 98 valence electrons. The Kier molecular flexibility index (Phi) is 5.24. The third-order valence-electron chi connectivity index (χ3n) is 2.72. The number of allylic oxidation sites excluding steroid dienone is 2. The van der Waals surface area contributed by atoms with Crippen LogP contribution < -0.4 is 0 Å². The summed E-state index contributed by atoms with van der Waals surface area (Å²) in [6, 6.07) is 5.12. The van der Waals surface area contributed by atoms with Gasteiger partial charge in [-0.3, -0.25) is 5.41 Å². The molecule has 0 unspecified atom stereocenters. The highest BCUT2D eigenvalue weighted by atomic mass is 35.5. The van der Waals surface area contributed by atoms with E-state index >= 15 is 0 Å². The van der Waals surface area contributed by atoms with E-state index in [1.54, 1.807) is 18.2 Å². The van der Waals surface area contributed by atoms with Gasteiger partial charge in [0.15, 0.2) is 0 Å². The van der Waals surface area contributed by atoms with Crippen LogP contribution in [-0.2, 0) is 0 Å². The Hall–Kier alpha value is -0.990. The molecule has 2 N–H and O–H groups in total. The molecule has 1 aromatic rings. The van der Waals surface area contributed by atoms with Gasteiger partial charge >= 0.3 is 0 Å². The largest absolute Gasteiger partial charge is 0.512 e. The number of aliphatic hydroxyl groups is 1. The smallest absolute Gasteiger partial charge is 0.100 e. The van der Waals surface area contributed by atoms with E-state index in [4.69, 9.17) is 28.6 Å². The van der Waals surface area contributed by atoms with Crippen molar-refractivity contribution >= 4 is 28.9 Å². The number of hydrogen-bond acceptors (Lipinski definition) is 2. The van der Waals surface area contributed by atoms with Crippen LogP contribution in [0.5, 0.6) is 0 Å². The molecule has 0 bridgehead atoms. The molecule has 4 heteroatoms. The van der Waals surface area contributed by atoms with Crippen molar-refractivity contribution in [2.24, 2.45) is 5.92 Å². The van der Waals surface area contributed by atoms with Crippen molar-refractivity contribution in [3.63, 3.8) is 0 Å². The second-order valence-corrected chi connectivity index (χ2v) is 5.16. The number of rotatable bonds is 4. The normalized spacial score (nSPS) is 12.6. The molecule has 0 aliphatic rings. The van der Waals surface area contributed by atoms with Crippen molar-refractivity contribution in [3.8, 4) is 0 Å². The monoisotopic (exact) mass is 285 g/mol. The molecule has 0 amide bonds. The minimum absolute atomic E-state index is 0.0263. The summed E-state index contributed by atoms with van der Waals surface area (Å²) in [6.07, 6.45) is 0.560. The van der Waals surface area contributed by atoms with Gasteiger partial charge in [0.05, 0.1) is 15.8 Å². The number of aliphatic hydroxyl groups excluding tert-OH is 1. The molecule has 0 aromatic heterocycles. The van der Waals surface area contributed by atoms with E-state index in [0.29, 0.717) is 27.6 Å². The zero-order chi connectivity index (χ0) is 13.9. The van der Waals surface area contributed by atoms with Crippen LogP contribution >= 0.6 is 23.2 Å². The van der Waals surface area contributed by atoms with E-state index in [2.05, 4.69) is 0 Å². The first-order valence-corrected chi connectivity index (χ1v) is 6.61. The molecule has 1 rings (SSSR count). The summed E-state index contributed by atoms with van der Waals surface area (Å²) in [6.45, 7) is 5.66. The van der Waals surface area contributed by atoms with Crippen molar-refractivity contribution in [2.75, 3.05) is 0 Å². The van der Waals surface area contributed by atoms with E-state index in [0.717, 1.165) is 0 Å². The third kappa shape index (κ3) is 3.06. The molecule has 0 radical (unpaired) electrons. The van der Waals surface area contributed by atoms with Crippen LogP contribution in [-0.4, -0.2) is 10.8 Å². The summed E-state index contributed by atoms with van der Waals surface area (Å²) in [5, 5.41) is 19.1. The van der Waals surface area contributed by atoms with Gasteiger partial charge < -0.3 is 5.11 Å². The van der Waals surface area contributed by atoms with Crippen molar-refractivity contribution in [3.05, 3.63) is 45.1 Å². The summed E-state index contributed by atoms with van der Waals surface area (Å²) in [5.41, 5.74) is 1.25. The van der Waals surface area contributed by atoms with E-state index < -0.39 is 0 Å². The average Bonchev–Trinajstić information content (AvgIpc) is 2.29. The molecule has 0 atom stereocenters. The van der Waals surface area contributed by atoms with Gasteiger partial charge in [0.25, 0.3) is 0 Å². The molecule has 0 spiro atoms. The minimum atomic E-state index is -0.0263. The van der Waals surface area contributed by atoms with Crippen LogP contribution in [0.15, 0.2) is 29.5 Å². The van der Waals surface area contributed by atoms with Crippen molar-refractivity contribution in [1.82, 2.24) is 0 Å². The van der Waals surface area contributed by atoms with Gasteiger partial charge in [0.2, 0.25) is 0 Å². The first-order valence-electron chi connectivity index (χ1n) is 5.85. The number of halogens is 2. The molecule has 1 aromatic carbocycles. The lowest BCUT2D eigenvalue weighted by Gasteiger charge is -2.15. The maximum atomic E-state index is 10.1. The fraction of sp³-hybridized carbons (Fsp3) is 0.357. The Morgan fingerprint density at radius 2 is 1.78 bits per heavy atom. The summed E-state index contributed by atoms with van der Waals surface area (Å²) < 4.78 is 0. The SMILES string of the molecule is CC/C(C(=N)c1c(Cl)cccc1Cl)=C(/O)C(C)C. The fourth-order valence-electron chi connectivity index (χ4n) is 1.72. The van der Waals surface area contributed by atoms with Crippen LogP contribution in [0, 0.1) is 11.3 Å². The Bertz CT molecular complexity index is 472. The van der Waals surface area contributed by atoms with Gasteiger partial charge in [0, 0.05) is 17.1 Å². The molecular formula is C14H17Cl2NO. The van der Waals surface area contributed by atoms with Gasteiger partial charge in [-0.15, -0.1) is 0 Å². The maximum Gasteiger partial charge on any atom is 0.100 e. The molecule has 2 nitrogen and oxygen atoms in total. The van der Waals surface area contributed by atoms with Crippen molar-refractivity contribution in [2.45, 2.75) is 27.2 Å². The first kappa shape index (κ1) is 15.1. The molecule has 18 heavy (non-hydrogen) atoms. The van der Waals surface area contributed by atoms with Crippen LogP contribution in [0.3, 0.4) is 0 Å². The zero-order valence-corrected chi connectivity index (χ0v) is 12.2. The highest BCUT2D eigenvalue weighted by Gasteiger charge is 2.18. The standard InChI is InChI=1S/C14H17Cl2NO/c1-4-9(14(18)8(2)3)13(17)12-10(15)6-5-7-11(12)16/h5-8,17-18H,4H2,1-3H3/b14-9-,17-13?. The summed E-state index contributed by atoms with van der Waals surface area (Å²) in [4.78, 5) is 0. The summed E-state index contributed by atoms with van der Waals surface area (Å²) in [7, 11) is 0. The average molecular weight is 286 g/mol. The summed E-state index contributed by atoms with van der Waals surface area (Å²) in [5.74, 6) is 0.194. The topological polar surface area (TPSA) is 44.1 Å². The lowest BCUT2D eigenvalue weighted by molar-refractivity contribution is 0.346. The van der Waals surface area contributed by atoms with Gasteiger partial charge in [-0.25, -0.2) is 0 Å². The lowest BCUT2D eigenvalue weighted by atomic mass is 9.95. The van der Waals surface area contributed by atoms with Crippen LogP contribution in [0.1, 0.15) is 32.8 Å². The minimum Gasteiger partial charge on any atom is -0.512 e. The second-order valence-electron chi connectivity index (χ2n) is 4.34. The molecule has 0 aliphatic heterocycles. The van der Waals surface area contributed by atoms with Crippen LogP contribution in [0.4, 0.5) is 0 Å². The molecule has 0 aliphatic carbocycles. The number of hydrogen-bond donors (Lipinski definition) is 2. The molecule has 0 fully saturated rings. The van der Waals surface area contributed by atoms with E-state index in [1.807, 2.05) is 20.8 Å². The van der Waals surface area contributed by atoms with Crippen LogP contribution in [0.2, 0.25) is 10.0 Å². The Balaban J connectivity index is 3.33.